The Hall–Kier alpha value is -2.38. The molecule has 0 unspecified atom stereocenters. The minimum atomic E-state index is -4.88. The molecule has 0 radical (unpaired) electrons. The Labute approximate surface area is 142 Å². The summed E-state index contributed by atoms with van der Waals surface area (Å²) in [6.07, 6.45) is -2.63. The Kier molecular flexibility index (Phi) is 4.92. The Bertz CT molecular complexity index is 751. The fourth-order valence-electron chi connectivity index (χ4n) is 3.11. The van der Waals surface area contributed by atoms with E-state index >= 15 is 0 Å². The highest BCUT2D eigenvalue weighted by Gasteiger charge is 2.40. The van der Waals surface area contributed by atoms with E-state index in [1.54, 1.807) is 0 Å². The minimum absolute atomic E-state index is 0.120. The zero-order chi connectivity index (χ0) is 19.0. The summed E-state index contributed by atoms with van der Waals surface area (Å²) < 4.78 is 44.4. The first-order valence-corrected chi connectivity index (χ1v) is 7.61. The van der Waals surface area contributed by atoms with Crippen molar-refractivity contribution < 1.29 is 27.6 Å². The van der Waals surface area contributed by atoms with E-state index in [1.165, 1.54) is 7.11 Å². The molecule has 0 N–H and O–H groups in total. The van der Waals surface area contributed by atoms with Crippen LogP contribution in [0.2, 0.25) is 0 Å². The van der Waals surface area contributed by atoms with Gasteiger partial charge in [0.15, 0.2) is 0 Å². The van der Waals surface area contributed by atoms with E-state index in [1.807, 2.05) is 13.8 Å². The molecule has 0 amide bonds. The third-order valence-electron chi connectivity index (χ3n) is 4.40. The molecule has 8 heteroatoms. The van der Waals surface area contributed by atoms with E-state index in [9.17, 15) is 28.1 Å². The molecule has 1 aliphatic rings. The summed E-state index contributed by atoms with van der Waals surface area (Å²) in [5.74, 6) is -0.132. The van der Waals surface area contributed by atoms with Crippen LogP contribution in [0.3, 0.4) is 0 Å². The van der Waals surface area contributed by atoms with Gasteiger partial charge >= 0.3 is 6.18 Å². The summed E-state index contributed by atoms with van der Waals surface area (Å²) in [7, 11) is 1.19. The first kappa shape index (κ1) is 19.0. The summed E-state index contributed by atoms with van der Waals surface area (Å²) in [4.78, 5) is 21.5. The van der Waals surface area contributed by atoms with Gasteiger partial charge in [-0.3, -0.25) is 14.9 Å². The number of allylic oxidation sites excluding steroid dienone is 2. The quantitative estimate of drug-likeness (QED) is 0.441. The van der Waals surface area contributed by atoms with Crippen LogP contribution >= 0.6 is 0 Å². The van der Waals surface area contributed by atoms with Crippen LogP contribution in [-0.4, -0.2) is 18.3 Å². The smallest absolute Gasteiger partial charge is 0.423 e. The van der Waals surface area contributed by atoms with Crippen LogP contribution < -0.4 is 4.74 Å². The Morgan fingerprint density at radius 3 is 2.44 bits per heavy atom. The first-order valence-electron chi connectivity index (χ1n) is 7.61. The van der Waals surface area contributed by atoms with Crippen molar-refractivity contribution in [2.24, 2.45) is 5.41 Å². The van der Waals surface area contributed by atoms with Gasteiger partial charge in [0.25, 0.3) is 5.69 Å². The highest BCUT2D eigenvalue weighted by atomic mass is 19.4. The molecule has 0 fully saturated rings. The monoisotopic (exact) mass is 357 g/mol. The third-order valence-corrected chi connectivity index (χ3v) is 4.40. The van der Waals surface area contributed by atoms with E-state index in [4.69, 9.17) is 4.74 Å². The lowest BCUT2D eigenvalue weighted by molar-refractivity contribution is -0.388. The second-order valence-corrected chi connectivity index (χ2v) is 6.79. The van der Waals surface area contributed by atoms with Gasteiger partial charge in [0, 0.05) is 11.6 Å². The first-order chi connectivity index (χ1) is 11.5. The van der Waals surface area contributed by atoms with Crippen molar-refractivity contribution in [1.82, 2.24) is 0 Å². The third kappa shape index (κ3) is 3.83. The summed E-state index contributed by atoms with van der Waals surface area (Å²) in [5.41, 5.74) is -1.44. The topological polar surface area (TPSA) is 69.4 Å². The largest absolute Gasteiger partial charge is 0.496 e. The van der Waals surface area contributed by atoms with Gasteiger partial charge in [0.2, 0.25) is 0 Å². The van der Waals surface area contributed by atoms with Crippen molar-refractivity contribution in [3.63, 3.8) is 0 Å². The number of halogens is 3. The van der Waals surface area contributed by atoms with Crippen molar-refractivity contribution in [2.45, 2.75) is 39.3 Å². The fraction of sp³-hybridized carbons (Fsp3) is 0.471. The molecule has 0 saturated carbocycles. The van der Waals surface area contributed by atoms with Gasteiger partial charge in [-0.15, -0.1) is 0 Å². The number of ether oxygens (including phenoxy) is 1. The number of hydrogen-bond acceptors (Lipinski definition) is 4. The van der Waals surface area contributed by atoms with Crippen molar-refractivity contribution in [2.75, 3.05) is 7.11 Å². The van der Waals surface area contributed by atoms with Crippen LogP contribution in [0.1, 0.15) is 44.2 Å². The Morgan fingerprint density at radius 1 is 1.32 bits per heavy atom. The van der Waals surface area contributed by atoms with E-state index in [0.717, 1.165) is 6.07 Å². The lowest BCUT2D eigenvalue weighted by Crippen LogP contribution is -2.19. The van der Waals surface area contributed by atoms with Gasteiger partial charge in [0.1, 0.15) is 17.6 Å². The molecule has 1 aliphatic carbocycles. The van der Waals surface area contributed by atoms with Crippen LogP contribution in [0.4, 0.5) is 18.9 Å². The van der Waals surface area contributed by atoms with Crippen LogP contribution in [0, 0.1) is 15.5 Å². The molecule has 0 bridgehead atoms. The molecule has 0 aromatic heterocycles. The molecule has 25 heavy (non-hydrogen) atoms. The van der Waals surface area contributed by atoms with Crippen molar-refractivity contribution in [3.8, 4) is 5.75 Å². The maximum absolute atomic E-state index is 13.1. The van der Waals surface area contributed by atoms with E-state index in [0.29, 0.717) is 42.8 Å². The van der Waals surface area contributed by atoms with Gasteiger partial charge in [-0.1, -0.05) is 13.8 Å². The summed E-state index contributed by atoms with van der Waals surface area (Å²) >= 11 is 0. The molecular formula is C17H18F3NO4. The normalized spacial score (nSPS) is 17.4. The standard InChI is InChI=1S/C17H18F3NO4/c1-16(2)5-4-11(10(8-16)9-22)12-6-14(21(23)24)13(17(18,19)20)7-15(12)25-3/h6-7,9H,4-5,8H2,1-3H3. The highest BCUT2D eigenvalue weighted by molar-refractivity contribution is 5.91. The number of aldehydes is 1. The van der Waals surface area contributed by atoms with Crippen molar-refractivity contribution in [3.05, 3.63) is 38.9 Å². The van der Waals surface area contributed by atoms with Gasteiger partial charge in [-0.05, 0) is 41.9 Å². The van der Waals surface area contributed by atoms with Crippen molar-refractivity contribution >= 4 is 17.5 Å². The van der Waals surface area contributed by atoms with Crippen molar-refractivity contribution in [1.29, 1.82) is 0 Å². The predicted octanol–water partition coefficient (Wildman–Crippen LogP) is 4.78. The lowest BCUT2D eigenvalue weighted by Gasteiger charge is -2.32. The Morgan fingerprint density at radius 2 is 1.96 bits per heavy atom. The van der Waals surface area contributed by atoms with E-state index < -0.39 is 22.4 Å². The molecule has 1 aromatic rings. The average Bonchev–Trinajstić information content (AvgIpc) is 2.51. The molecular weight excluding hydrogens is 339 g/mol. The van der Waals surface area contributed by atoms with Crippen LogP contribution in [-0.2, 0) is 11.0 Å². The second-order valence-electron chi connectivity index (χ2n) is 6.79. The summed E-state index contributed by atoms with van der Waals surface area (Å²) in [6, 6.07) is 1.49. The molecule has 2 rings (SSSR count). The average molecular weight is 357 g/mol. The zero-order valence-electron chi connectivity index (χ0n) is 14.1. The molecule has 136 valence electrons. The number of nitrogens with zero attached hydrogens (tertiary/aromatic N) is 1. The van der Waals surface area contributed by atoms with Crippen LogP contribution in [0.25, 0.3) is 5.57 Å². The molecule has 5 nitrogen and oxygen atoms in total. The molecule has 0 heterocycles. The molecule has 0 atom stereocenters. The predicted molar refractivity (Wildman–Crippen MR) is 85.3 cm³/mol. The van der Waals surface area contributed by atoms with Gasteiger partial charge in [0.05, 0.1) is 12.0 Å². The Balaban J connectivity index is 2.73. The minimum Gasteiger partial charge on any atom is -0.496 e. The van der Waals surface area contributed by atoms with Crippen LogP contribution in [0.5, 0.6) is 5.75 Å². The maximum Gasteiger partial charge on any atom is 0.423 e. The van der Waals surface area contributed by atoms with Gasteiger partial charge < -0.3 is 4.74 Å². The van der Waals surface area contributed by atoms with Gasteiger partial charge in [-0.25, -0.2) is 0 Å². The number of carbonyl (C=O) groups excluding carboxylic acids is 1. The summed E-state index contributed by atoms with van der Waals surface area (Å²) in [5, 5.41) is 11.1. The molecule has 0 saturated heterocycles. The van der Waals surface area contributed by atoms with E-state index in [-0.39, 0.29) is 16.7 Å². The molecule has 0 spiro atoms. The number of rotatable bonds is 4. The maximum atomic E-state index is 13.1. The molecule has 0 aliphatic heterocycles. The van der Waals surface area contributed by atoms with Crippen LogP contribution in [0.15, 0.2) is 17.7 Å². The number of methoxy groups -OCH3 is 1. The number of nitro groups is 1. The SMILES string of the molecule is COc1cc(C(F)(F)F)c([N+](=O)[O-])cc1C1=C(C=O)CC(C)(C)CC1. The lowest BCUT2D eigenvalue weighted by atomic mass is 9.73. The summed E-state index contributed by atoms with van der Waals surface area (Å²) in [6.45, 7) is 3.97. The molecule has 1 aromatic carbocycles. The number of alkyl halides is 3. The zero-order valence-corrected chi connectivity index (χ0v) is 14.1. The number of nitro benzene ring substituents is 1. The fourth-order valence-corrected chi connectivity index (χ4v) is 3.11. The number of carbonyl (C=O) groups is 1. The number of hydrogen-bond donors (Lipinski definition) is 0. The number of benzene rings is 1. The second kappa shape index (κ2) is 6.50. The van der Waals surface area contributed by atoms with E-state index in [2.05, 4.69) is 0 Å². The highest BCUT2D eigenvalue weighted by Crippen LogP contribution is 2.47. The van der Waals surface area contributed by atoms with Gasteiger partial charge in [-0.2, -0.15) is 13.2 Å².